The molecule has 0 radical (unpaired) electrons. The number of amides is 2. The van der Waals surface area contributed by atoms with Gasteiger partial charge in [0.2, 0.25) is 0 Å². The van der Waals surface area contributed by atoms with Gasteiger partial charge in [-0.1, -0.05) is 25.6 Å². The first-order valence-corrected chi connectivity index (χ1v) is 8.54. The van der Waals surface area contributed by atoms with E-state index < -0.39 is 11.7 Å². The van der Waals surface area contributed by atoms with Gasteiger partial charge in [-0.3, -0.25) is 9.59 Å². The van der Waals surface area contributed by atoms with Gasteiger partial charge in [-0.15, -0.1) is 0 Å². The maximum absolute atomic E-state index is 13.4. The van der Waals surface area contributed by atoms with E-state index in [2.05, 4.69) is 10.4 Å². The van der Waals surface area contributed by atoms with E-state index in [1.165, 1.54) is 16.8 Å². The van der Waals surface area contributed by atoms with Crippen LogP contribution in [0, 0.1) is 24.1 Å². The highest BCUT2D eigenvalue weighted by atomic mass is 19.1. The van der Waals surface area contributed by atoms with E-state index in [0.29, 0.717) is 11.3 Å². The summed E-state index contributed by atoms with van der Waals surface area (Å²) in [6.07, 6.45) is 0. The normalized spacial score (nSPS) is 10.0. The number of anilines is 1. The number of benzene rings is 2. The van der Waals surface area contributed by atoms with Crippen LogP contribution in [-0.2, 0) is 6.54 Å². The fourth-order valence-corrected chi connectivity index (χ4v) is 2.81. The third-order valence-corrected chi connectivity index (χ3v) is 4.34. The van der Waals surface area contributed by atoms with E-state index >= 15 is 0 Å². The monoisotopic (exact) mass is 408 g/mol. The fraction of sp³-hybridized carbons (Fsp3) is 0.143. The topological polar surface area (TPSA) is 140 Å². The van der Waals surface area contributed by atoms with Crippen molar-refractivity contribution in [2.75, 3.05) is 5.73 Å². The number of aromatic nitrogens is 2. The average molecular weight is 408 g/mol. The number of halogens is 1. The third kappa shape index (κ3) is 4.28. The predicted octanol–water partition coefficient (Wildman–Crippen LogP) is 2.44. The summed E-state index contributed by atoms with van der Waals surface area (Å²) >= 11 is 0. The first kappa shape index (κ1) is 22.1. The largest absolute Gasteiger partial charge is 0.394 e. The molecule has 5 N–H and O–H groups in total. The Balaban J connectivity index is 0.00000320. The molecule has 0 bridgehead atoms. The molecule has 0 unspecified atom stereocenters. The van der Waals surface area contributed by atoms with Crippen LogP contribution in [0.15, 0.2) is 42.5 Å². The zero-order valence-corrected chi connectivity index (χ0v) is 15.4. The molecule has 0 saturated heterocycles. The number of aryl methyl sites for hydroxylation is 1. The minimum atomic E-state index is -0.807. The van der Waals surface area contributed by atoms with Gasteiger partial charge in [0.15, 0.2) is 11.4 Å². The van der Waals surface area contributed by atoms with Crippen molar-refractivity contribution in [2.45, 2.75) is 20.9 Å². The van der Waals surface area contributed by atoms with Crippen molar-refractivity contribution in [1.82, 2.24) is 15.1 Å². The number of carbonyl (C=O) groups excluding carboxylic acids is 2. The van der Waals surface area contributed by atoms with Crippen LogP contribution in [0.5, 0.6) is 0 Å². The number of nitrogen functional groups attached to an aromatic ring is 1. The van der Waals surface area contributed by atoms with E-state index in [4.69, 9.17) is 16.7 Å². The molecule has 0 aliphatic rings. The van der Waals surface area contributed by atoms with Gasteiger partial charge in [-0.25, -0.2) is 9.07 Å². The van der Waals surface area contributed by atoms with Crippen molar-refractivity contribution in [3.63, 3.8) is 0 Å². The summed E-state index contributed by atoms with van der Waals surface area (Å²) in [6.45, 7) is 1.94. The average Bonchev–Trinajstić information content (AvgIpc) is 3.05. The number of nitrogens with zero attached hydrogens (tertiary/aromatic N) is 3. The third-order valence-electron chi connectivity index (χ3n) is 4.34. The van der Waals surface area contributed by atoms with Crippen molar-refractivity contribution < 1.29 is 14.0 Å². The van der Waals surface area contributed by atoms with Crippen LogP contribution in [-0.4, -0.2) is 21.6 Å². The summed E-state index contributed by atoms with van der Waals surface area (Å²) in [7, 11) is 0. The number of hydrogen-bond donors (Lipinski definition) is 3. The van der Waals surface area contributed by atoms with Gasteiger partial charge in [0, 0.05) is 12.1 Å². The first-order valence-electron chi connectivity index (χ1n) is 8.54. The molecule has 1 aromatic heterocycles. The van der Waals surface area contributed by atoms with Gasteiger partial charge in [0.05, 0.1) is 5.69 Å². The van der Waals surface area contributed by atoms with Gasteiger partial charge in [-0.2, -0.15) is 10.4 Å². The molecule has 9 heteroatoms. The Morgan fingerprint density at radius 2 is 1.90 bits per heavy atom. The molecular formula is C21H21FN6O2. The summed E-state index contributed by atoms with van der Waals surface area (Å²) in [4.78, 5) is 24.0. The summed E-state index contributed by atoms with van der Waals surface area (Å²) in [5.41, 5.74) is 13.0. The number of nitrogens with two attached hydrogens (primary N) is 2. The van der Waals surface area contributed by atoms with E-state index in [9.17, 15) is 14.0 Å². The van der Waals surface area contributed by atoms with Gasteiger partial charge < -0.3 is 16.8 Å². The number of primary amides is 1. The van der Waals surface area contributed by atoms with Gasteiger partial charge in [0.1, 0.15) is 17.6 Å². The standard InChI is InChI=1S/C20H17FN6O2.CH4/c1-11-2-5-13(21)8-15(11)20(29)25-10-12-3-6-14(7-4-12)27-18(19(24)28)17(23)16(9-22)26-27;/h2-8H,10,23H2,1H3,(H2,24,28)(H,25,29);1H4. The molecule has 0 aliphatic carbocycles. The molecule has 0 saturated carbocycles. The Hall–Kier alpha value is -4.19. The lowest BCUT2D eigenvalue weighted by Crippen LogP contribution is -2.23. The summed E-state index contributed by atoms with van der Waals surface area (Å²) in [5, 5.41) is 15.8. The van der Waals surface area contributed by atoms with Crippen molar-refractivity contribution in [3.05, 3.63) is 76.4 Å². The molecule has 0 fully saturated rings. The van der Waals surface area contributed by atoms with Crippen molar-refractivity contribution >= 4 is 17.5 Å². The molecule has 8 nitrogen and oxygen atoms in total. The van der Waals surface area contributed by atoms with Crippen LogP contribution >= 0.6 is 0 Å². The molecule has 154 valence electrons. The second-order valence-electron chi connectivity index (χ2n) is 6.31. The molecule has 0 spiro atoms. The predicted molar refractivity (Wildman–Crippen MR) is 110 cm³/mol. The Bertz CT molecular complexity index is 1150. The SMILES string of the molecule is C.Cc1ccc(F)cc1C(=O)NCc1ccc(-n2nc(C#N)c(N)c2C(N)=O)cc1. The number of rotatable bonds is 5. The number of hydrogen-bond acceptors (Lipinski definition) is 5. The summed E-state index contributed by atoms with van der Waals surface area (Å²) in [5.74, 6) is -1.68. The lowest BCUT2D eigenvalue weighted by Gasteiger charge is -2.09. The van der Waals surface area contributed by atoms with E-state index in [1.807, 2.05) is 6.07 Å². The highest BCUT2D eigenvalue weighted by Crippen LogP contribution is 2.21. The maximum Gasteiger partial charge on any atom is 0.269 e. The molecule has 3 rings (SSSR count). The van der Waals surface area contributed by atoms with Crippen LogP contribution < -0.4 is 16.8 Å². The maximum atomic E-state index is 13.4. The van der Waals surface area contributed by atoms with Crippen LogP contribution in [0.4, 0.5) is 10.1 Å². The van der Waals surface area contributed by atoms with Crippen molar-refractivity contribution in [1.29, 1.82) is 5.26 Å². The highest BCUT2D eigenvalue weighted by Gasteiger charge is 2.20. The second kappa shape index (κ2) is 8.87. The Labute approximate surface area is 172 Å². The number of nitrogens with one attached hydrogen (secondary N) is 1. The smallest absolute Gasteiger partial charge is 0.269 e. The van der Waals surface area contributed by atoms with E-state index in [-0.39, 0.29) is 42.5 Å². The quantitative estimate of drug-likeness (QED) is 0.595. The number of nitriles is 1. The van der Waals surface area contributed by atoms with E-state index in [1.54, 1.807) is 37.3 Å². The first-order chi connectivity index (χ1) is 13.8. The van der Waals surface area contributed by atoms with Crippen LogP contribution in [0.25, 0.3) is 5.69 Å². The van der Waals surface area contributed by atoms with E-state index in [0.717, 1.165) is 5.56 Å². The molecular weight excluding hydrogens is 387 g/mol. The second-order valence-corrected chi connectivity index (χ2v) is 6.31. The molecule has 30 heavy (non-hydrogen) atoms. The highest BCUT2D eigenvalue weighted by molar-refractivity contribution is 5.98. The molecule has 0 atom stereocenters. The molecule has 2 aromatic carbocycles. The van der Waals surface area contributed by atoms with Gasteiger partial charge >= 0.3 is 0 Å². The summed E-state index contributed by atoms with van der Waals surface area (Å²) in [6, 6.07) is 12.6. The summed E-state index contributed by atoms with van der Waals surface area (Å²) < 4.78 is 14.6. The number of carbonyl (C=O) groups is 2. The lowest BCUT2D eigenvalue weighted by atomic mass is 10.1. The van der Waals surface area contributed by atoms with Crippen molar-refractivity contribution in [2.24, 2.45) is 5.73 Å². The molecule has 3 aromatic rings. The zero-order chi connectivity index (χ0) is 21.1. The Morgan fingerprint density at radius 1 is 1.23 bits per heavy atom. The van der Waals surface area contributed by atoms with Gasteiger partial charge in [0.25, 0.3) is 11.8 Å². The van der Waals surface area contributed by atoms with Crippen LogP contribution in [0.1, 0.15) is 45.1 Å². The Morgan fingerprint density at radius 3 is 2.50 bits per heavy atom. The van der Waals surface area contributed by atoms with Crippen LogP contribution in [0.2, 0.25) is 0 Å². The fourth-order valence-electron chi connectivity index (χ4n) is 2.81. The molecule has 2 amide bonds. The Kier molecular flexibility index (Phi) is 6.54. The van der Waals surface area contributed by atoms with Crippen LogP contribution in [0.3, 0.4) is 0 Å². The molecule has 1 heterocycles. The lowest BCUT2D eigenvalue weighted by molar-refractivity contribution is 0.0948. The zero-order valence-electron chi connectivity index (χ0n) is 15.4. The van der Waals surface area contributed by atoms with Gasteiger partial charge in [-0.05, 0) is 42.3 Å². The molecule has 0 aliphatic heterocycles. The van der Waals surface area contributed by atoms with Crippen molar-refractivity contribution in [3.8, 4) is 11.8 Å². The minimum absolute atomic E-state index is 0. The minimum Gasteiger partial charge on any atom is -0.394 e.